The molecule has 0 aliphatic carbocycles. The van der Waals surface area contributed by atoms with Gasteiger partial charge < -0.3 is 4.74 Å². The van der Waals surface area contributed by atoms with E-state index in [0.29, 0.717) is 10.9 Å². The topological polar surface area (TPSA) is 144 Å². The SMILES string of the molecule is CS(=O)(=O)C1C=C(Cn2cnc(C(F)(F)F)c(Oc3cc(Cl)cc(C#N)c3)c2=O)N=NC1=O. The molecular weight excluding hydrogens is 491 g/mol. The van der Waals surface area contributed by atoms with Gasteiger partial charge in [0.25, 0.3) is 11.5 Å². The molecular formula is C18H11ClF3N5O5S. The van der Waals surface area contributed by atoms with Crippen LogP contribution in [0.25, 0.3) is 0 Å². The van der Waals surface area contributed by atoms with Gasteiger partial charge in [0.05, 0.1) is 30.2 Å². The van der Waals surface area contributed by atoms with Crippen LogP contribution in [0, 0.1) is 11.3 Å². The number of carbonyl (C=O) groups is 1. The van der Waals surface area contributed by atoms with Crippen molar-refractivity contribution >= 4 is 27.3 Å². The number of benzene rings is 1. The van der Waals surface area contributed by atoms with E-state index in [1.54, 1.807) is 6.07 Å². The molecule has 1 aliphatic heterocycles. The highest BCUT2D eigenvalue weighted by Crippen LogP contribution is 2.35. The summed E-state index contributed by atoms with van der Waals surface area (Å²) >= 11 is 5.83. The molecule has 10 nitrogen and oxygen atoms in total. The van der Waals surface area contributed by atoms with Crippen LogP contribution in [0.15, 0.2) is 51.3 Å². The lowest BCUT2D eigenvalue weighted by atomic mass is 10.2. The second kappa shape index (κ2) is 8.75. The molecule has 0 saturated carbocycles. The number of sulfone groups is 1. The summed E-state index contributed by atoms with van der Waals surface area (Å²) in [6.07, 6.45) is -2.77. The molecule has 0 bridgehead atoms. The zero-order chi connectivity index (χ0) is 24.6. The molecule has 0 N–H and O–H groups in total. The highest BCUT2D eigenvalue weighted by atomic mass is 35.5. The molecule has 1 unspecified atom stereocenters. The Bertz CT molecular complexity index is 1410. The quantitative estimate of drug-likeness (QED) is 0.612. The van der Waals surface area contributed by atoms with E-state index < -0.39 is 50.7 Å². The van der Waals surface area contributed by atoms with E-state index in [1.807, 2.05) is 0 Å². The van der Waals surface area contributed by atoms with Crippen molar-refractivity contribution in [3.8, 4) is 17.6 Å². The number of alkyl halides is 3. The van der Waals surface area contributed by atoms with E-state index in [1.165, 1.54) is 6.07 Å². The predicted molar refractivity (Wildman–Crippen MR) is 106 cm³/mol. The van der Waals surface area contributed by atoms with Gasteiger partial charge in [-0.05, 0) is 24.3 Å². The predicted octanol–water partition coefficient (Wildman–Crippen LogP) is 2.87. The molecule has 3 rings (SSSR count). The van der Waals surface area contributed by atoms with E-state index in [4.69, 9.17) is 21.6 Å². The van der Waals surface area contributed by atoms with E-state index in [0.717, 1.165) is 24.5 Å². The zero-order valence-corrected chi connectivity index (χ0v) is 17.9. The standard InChI is InChI=1S/C18H11ClF3N5O5S/c1-33(30,31)13-5-11(25-26-16(13)28)7-27-8-24-15(18(20,21)22)14(17(27)29)32-12-3-9(6-23)2-10(19)4-12/h2-5,8,13H,7H2,1H3. The number of carbonyl (C=O) groups excluding carboxylic acids is 1. The van der Waals surface area contributed by atoms with Crippen LogP contribution in [0.2, 0.25) is 5.02 Å². The normalized spacial score (nSPS) is 16.3. The van der Waals surface area contributed by atoms with Crippen LogP contribution in [0.4, 0.5) is 13.2 Å². The molecule has 1 aromatic heterocycles. The average molecular weight is 502 g/mol. The van der Waals surface area contributed by atoms with Crippen molar-refractivity contribution in [2.75, 3.05) is 6.26 Å². The van der Waals surface area contributed by atoms with Crippen molar-refractivity contribution in [1.29, 1.82) is 5.26 Å². The molecule has 33 heavy (non-hydrogen) atoms. The Labute approximate surface area is 188 Å². The molecule has 0 radical (unpaired) electrons. The summed E-state index contributed by atoms with van der Waals surface area (Å²) in [5.74, 6) is -2.57. The Balaban J connectivity index is 2.07. The van der Waals surface area contributed by atoms with Crippen molar-refractivity contribution in [3.63, 3.8) is 0 Å². The molecule has 0 saturated heterocycles. The first-order chi connectivity index (χ1) is 15.3. The van der Waals surface area contributed by atoms with Gasteiger partial charge in [-0.25, -0.2) is 13.4 Å². The zero-order valence-electron chi connectivity index (χ0n) is 16.4. The molecule has 2 heterocycles. The summed E-state index contributed by atoms with van der Waals surface area (Å²) in [6, 6.07) is 5.15. The van der Waals surface area contributed by atoms with E-state index in [-0.39, 0.29) is 22.0 Å². The molecule has 2 aromatic rings. The van der Waals surface area contributed by atoms with Crippen LogP contribution in [0.1, 0.15) is 11.3 Å². The number of rotatable bonds is 5. The highest BCUT2D eigenvalue weighted by Gasteiger charge is 2.39. The molecule has 0 spiro atoms. The fraction of sp³-hybridized carbons (Fsp3) is 0.222. The van der Waals surface area contributed by atoms with Gasteiger partial charge in [-0.3, -0.25) is 14.2 Å². The first-order valence-electron chi connectivity index (χ1n) is 8.70. The van der Waals surface area contributed by atoms with Gasteiger partial charge in [0.1, 0.15) is 5.75 Å². The number of hydrogen-bond donors (Lipinski definition) is 0. The number of nitriles is 1. The van der Waals surface area contributed by atoms with Gasteiger partial charge in [0.2, 0.25) is 5.75 Å². The van der Waals surface area contributed by atoms with Crippen molar-refractivity contribution in [3.05, 3.63) is 62.9 Å². The fourth-order valence-electron chi connectivity index (χ4n) is 2.70. The number of amides is 1. The van der Waals surface area contributed by atoms with Crippen LogP contribution < -0.4 is 10.3 Å². The van der Waals surface area contributed by atoms with Gasteiger partial charge in [-0.15, -0.1) is 5.11 Å². The van der Waals surface area contributed by atoms with E-state index in [2.05, 4.69) is 15.2 Å². The second-order valence-electron chi connectivity index (χ2n) is 6.69. The number of ether oxygens (including phenoxy) is 1. The summed E-state index contributed by atoms with van der Waals surface area (Å²) in [5.41, 5.74) is -3.13. The Morgan fingerprint density at radius 3 is 2.55 bits per heavy atom. The van der Waals surface area contributed by atoms with Gasteiger partial charge in [-0.2, -0.15) is 23.5 Å². The number of allylic oxidation sites excluding steroid dienone is 1. The lowest BCUT2D eigenvalue weighted by molar-refractivity contribution is -0.142. The fourth-order valence-corrected chi connectivity index (χ4v) is 3.74. The van der Waals surface area contributed by atoms with Crippen LogP contribution in [0.5, 0.6) is 11.5 Å². The number of azo groups is 1. The molecule has 1 amide bonds. The van der Waals surface area contributed by atoms with Crippen LogP contribution in [-0.4, -0.2) is 35.4 Å². The van der Waals surface area contributed by atoms with Gasteiger partial charge in [0.15, 0.2) is 20.8 Å². The van der Waals surface area contributed by atoms with Crippen LogP contribution >= 0.6 is 11.6 Å². The van der Waals surface area contributed by atoms with E-state index >= 15 is 0 Å². The summed E-state index contributed by atoms with van der Waals surface area (Å²) in [5, 5.41) is 14.0. The average Bonchev–Trinajstić information content (AvgIpc) is 2.70. The summed E-state index contributed by atoms with van der Waals surface area (Å²) < 4.78 is 69.6. The van der Waals surface area contributed by atoms with Gasteiger partial charge >= 0.3 is 6.18 Å². The molecule has 15 heteroatoms. The van der Waals surface area contributed by atoms with Gasteiger partial charge in [-0.1, -0.05) is 11.6 Å². The van der Waals surface area contributed by atoms with Gasteiger partial charge in [0, 0.05) is 11.3 Å². The number of aromatic nitrogens is 2. The summed E-state index contributed by atoms with van der Waals surface area (Å²) in [4.78, 5) is 27.7. The summed E-state index contributed by atoms with van der Waals surface area (Å²) in [6.45, 7) is -0.553. The third-order valence-electron chi connectivity index (χ3n) is 4.14. The third-order valence-corrected chi connectivity index (χ3v) is 5.62. The van der Waals surface area contributed by atoms with Crippen molar-refractivity contribution in [2.24, 2.45) is 10.2 Å². The molecule has 172 valence electrons. The molecule has 1 aromatic carbocycles. The number of nitrogens with zero attached hydrogens (tertiary/aromatic N) is 5. The second-order valence-corrected chi connectivity index (χ2v) is 9.29. The Hall–Kier alpha value is -3.57. The third kappa shape index (κ3) is 5.44. The Morgan fingerprint density at radius 1 is 1.24 bits per heavy atom. The lowest BCUT2D eigenvalue weighted by Gasteiger charge is -2.16. The summed E-state index contributed by atoms with van der Waals surface area (Å²) in [7, 11) is -3.89. The van der Waals surface area contributed by atoms with E-state index in [9.17, 15) is 31.2 Å². The Kier molecular flexibility index (Phi) is 6.39. The molecule has 1 atom stereocenters. The van der Waals surface area contributed by atoms with Crippen LogP contribution in [0.3, 0.4) is 0 Å². The van der Waals surface area contributed by atoms with Crippen LogP contribution in [-0.2, 0) is 27.4 Å². The number of halogens is 4. The van der Waals surface area contributed by atoms with Crippen molar-refractivity contribution in [2.45, 2.75) is 18.0 Å². The minimum atomic E-state index is -5.07. The van der Waals surface area contributed by atoms with Crippen molar-refractivity contribution < 1.29 is 31.1 Å². The maximum Gasteiger partial charge on any atom is 0.437 e. The van der Waals surface area contributed by atoms with Crippen molar-refractivity contribution in [1.82, 2.24) is 9.55 Å². The molecule has 0 fully saturated rings. The largest absolute Gasteiger partial charge is 0.449 e. The Morgan fingerprint density at radius 2 is 1.94 bits per heavy atom. The lowest BCUT2D eigenvalue weighted by Crippen LogP contribution is -2.30. The minimum Gasteiger partial charge on any atom is -0.449 e. The highest BCUT2D eigenvalue weighted by molar-refractivity contribution is 7.92. The molecule has 1 aliphatic rings. The number of hydrogen-bond acceptors (Lipinski definition) is 8. The maximum absolute atomic E-state index is 13.5. The maximum atomic E-state index is 13.5. The minimum absolute atomic E-state index is 0.0221. The first kappa shape index (κ1) is 24.1. The first-order valence-corrected chi connectivity index (χ1v) is 11.0. The monoisotopic (exact) mass is 501 g/mol. The smallest absolute Gasteiger partial charge is 0.437 e.